The van der Waals surface area contributed by atoms with Crippen molar-refractivity contribution in [2.75, 3.05) is 13.2 Å². The lowest BCUT2D eigenvalue weighted by molar-refractivity contribution is -0.144. The largest absolute Gasteiger partial charge is 0.464 e. The number of fused-ring (bicyclic) bond motifs is 1. The number of hydrogen-bond acceptors (Lipinski definition) is 6. The summed E-state index contributed by atoms with van der Waals surface area (Å²) in [6.45, 7) is 14.9. The van der Waals surface area contributed by atoms with Crippen molar-refractivity contribution >= 4 is 35.2 Å². The molecule has 2 aromatic carbocycles. The Balaban J connectivity index is 1.69. The molecule has 0 saturated heterocycles. The molecule has 1 aliphatic heterocycles. The standard InChI is InChI=1S/C39H49N3O4S/c1-5-8-10-12-13-17-23-29(22-16-11-9-6-2)28-46-38(43)32-33(40-4)37(47-31-26-20-15-21-27-31)42-35(32)34(39(44)45-7-3)41-36(42)30-24-18-14-19-25-30/h14-15,18-21,24-27,29,34H,5-13,16-17,22-23,28H2,1-3H3. The van der Waals surface area contributed by atoms with Gasteiger partial charge in [0.1, 0.15) is 5.84 Å². The summed E-state index contributed by atoms with van der Waals surface area (Å²) in [6, 6.07) is 18.2. The fourth-order valence-corrected chi connectivity index (χ4v) is 7.13. The van der Waals surface area contributed by atoms with Crippen molar-refractivity contribution in [3.8, 4) is 0 Å². The summed E-state index contributed by atoms with van der Waals surface area (Å²) in [5.41, 5.74) is 1.39. The molecule has 0 fully saturated rings. The Labute approximate surface area is 285 Å². The van der Waals surface area contributed by atoms with Crippen molar-refractivity contribution in [1.82, 2.24) is 4.57 Å². The molecule has 0 radical (unpaired) electrons. The summed E-state index contributed by atoms with van der Waals surface area (Å²) in [7, 11) is 0. The summed E-state index contributed by atoms with van der Waals surface area (Å²) in [4.78, 5) is 37.2. The number of esters is 2. The van der Waals surface area contributed by atoms with Gasteiger partial charge >= 0.3 is 11.9 Å². The molecule has 3 aromatic rings. The molecule has 1 aromatic heterocycles. The van der Waals surface area contributed by atoms with Gasteiger partial charge in [-0.15, -0.1) is 0 Å². The Morgan fingerprint density at radius 3 is 2.06 bits per heavy atom. The zero-order valence-corrected chi connectivity index (χ0v) is 29.0. The molecule has 0 bridgehead atoms. The molecule has 250 valence electrons. The van der Waals surface area contributed by atoms with E-state index in [1.807, 2.05) is 60.7 Å². The van der Waals surface area contributed by atoms with Gasteiger partial charge in [-0.2, -0.15) is 0 Å². The summed E-state index contributed by atoms with van der Waals surface area (Å²) < 4.78 is 13.3. The average molecular weight is 656 g/mol. The zero-order chi connectivity index (χ0) is 33.4. The van der Waals surface area contributed by atoms with Crippen molar-refractivity contribution in [2.24, 2.45) is 10.9 Å². The number of aromatic nitrogens is 1. The van der Waals surface area contributed by atoms with E-state index in [-0.39, 0.29) is 23.8 Å². The van der Waals surface area contributed by atoms with Crippen LogP contribution in [-0.4, -0.2) is 35.6 Å². The van der Waals surface area contributed by atoms with Crippen molar-refractivity contribution < 1.29 is 19.1 Å². The highest BCUT2D eigenvalue weighted by atomic mass is 32.2. The Bertz CT molecular complexity index is 1510. The van der Waals surface area contributed by atoms with E-state index in [0.717, 1.165) is 36.1 Å². The predicted octanol–water partition coefficient (Wildman–Crippen LogP) is 10.6. The number of aliphatic imine (C=N–C) groups is 1. The first-order chi connectivity index (χ1) is 23.0. The van der Waals surface area contributed by atoms with Crippen LogP contribution in [0.5, 0.6) is 0 Å². The first kappa shape index (κ1) is 36.0. The van der Waals surface area contributed by atoms with E-state index in [9.17, 15) is 9.59 Å². The monoisotopic (exact) mass is 655 g/mol. The van der Waals surface area contributed by atoms with Crippen molar-refractivity contribution in [1.29, 1.82) is 0 Å². The zero-order valence-electron chi connectivity index (χ0n) is 28.2. The highest BCUT2D eigenvalue weighted by molar-refractivity contribution is 7.99. The van der Waals surface area contributed by atoms with Gasteiger partial charge in [-0.05, 0) is 37.8 Å². The van der Waals surface area contributed by atoms with Crippen molar-refractivity contribution in [3.05, 3.63) is 88.9 Å². The fraction of sp³-hybridized carbons (Fsp3) is 0.487. The van der Waals surface area contributed by atoms with Gasteiger partial charge in [0.2, 0.25) is 5.69 Å². The van der Waals surface area contributed by atoms with E-state index in [0.29, 0.717) is 23.2 Å². The predicted molar refractivity (Wildman–Crippen MR) is 190 cm³/mol. The average Bonchev–Trinajstić information content (AvgIpc) is 3.63. The number of hydrogen-bond donors (Lipinski definition) is 0. The van der Waals surface area contributed by atoms with Crippen LogP contribution in [0.2, 0.25) is 0 Å². The summed E-state index contributed by atoms with van der Waals surface area (Å²) in [6.07, 6.45) is 14.0. The number of rotatable bonds is 20. The normalized spacial score (nSPS) is 14.3. The van der Waals surface area contributed by atoms with Gasteiger partial charge in [-0.25, -0.2) is 19.4 Å². The van der Waals surface area contributed by atoms with Gasteiger partial charge in [-0.3, -0.25) is 4.57 Å². The summed E-state index contributed by atoms with van der Waals surface area (Å²) in [5, 5.41) is 0.533. The second kappa shape index (κ2) is 19.1. The SMILES string of the molecule is [C-]#[N+]c1c(C(=O)OCC(CCCCCC)CCCCCCCC)c2n(c1Sc1ccccc1)C(c1ccccc1)=NC2C(=O)OCC. The molecule has 2 unspecified atom stereocenters. The molecule has 8 heteroatoms. The van der Waals surface area contributed by atoms with E-state index in [1.165, 1.54) is 63.1 Å². The summed E-state index contributed by atoms with van der Waals surface area (Å²) in [5.74, 6) is -0.391. The highest BCUT2D eigenvalue weighted by Gasteiger charge is 2.42. The molecule has 0 N–H and O–H groups in total. The Morgan fingerprint density at radius 1 is 0.851 bits per heavy atom. The van der Waals surface area contributed by atoms with Crippen molar-refractivity contribution in [2.45, 2.75) is 114 Å². The van der Waals surface area contributed by atoms with E-state index < -0.39 is 18.0 Å². The van der Waals surface area contributed by atoms with E-state index in [4.69, 9.17) is 21.0 Å². The number of ether oxygens (including phenoxy) is 2. The van der Waals surface area contributed by atoms with Crippen LogP contribution in [0.3, 0.4) is 0 Å². The number of benzene rings is 2. The molecule has 0 spiro atoms. The van der Waals surface area contributed by atoms with Gasteiger partial charge in [0.15, 0.2) is 6.04 Å². The number of carbonyl (C=O) groups is 2. The molecule has 47 heavy (non-hydrogen) atoms. The molecule has 2 heterocycles. The van der Waals surface area contributed by atoms with Gasteiger partial charge in [0, 0.05) is 10.5 Å². The Morgan fingerprint density at radius 2 is 1.45 bits per heavy atom. The third kappa shape index (κ3) is 9.60. The lowest BCUT2D eigenvalue weighted by atomic mass is 9.95. The molecular weight excluding hydrogens is 607 g/mol. The maximum absolute atomic E-state index is 14.2. The van der Waals surface area contributed by atoms with Crippen LogP contribution in [0.1, 0.15) is 125 Å². The minimum atomic E-state index is -1.09. The highest BCUT2D eigenvalue weighted by Crippen LogP contribution is 2.47. The van der Waals surface area contributed by atoms with Crippen LogP contribution in [0.15, 0.2) is 75.6 Å². The van der Waals surface area contributed by atoms with Gasteiger partial charge in [0.05, 0.1) is 36.1 Å². The molecule has 2 atom stereocenters. The first-order valence-electron chi connectivity index (χ1n) is 17.4. The third-order valence-electron chi connectivity index (χ3n) is 8.56. The molecule has 0 aliphatic carbocycles. The molecule has 7 nitrogen and oxygen atoms in total. The molecule has 4 rings (SSSR count). The van der Waals surface area contributed by atoms with E-state index in [2.05, 4.69) is 18.7 Å². The molecule has 0 amide bonds. The molecular formula is C39H49N3O4S. The van der Waals surface area contributed by atoms with Crippen molar-refractivity contribution in [3.63, 3.8) is 0 Å². The van der Waals surface area contributed by atoms with Crippen LogP contribution < -0.4 is 0 Å². The fourth-order valence-electron chi connectivity index (χ4n) is 6.09. The van der Waals surface area contributed by atoms with Crippen LogP contribution in [0.4, 0.5) is 5.69 Å². The summed E-state index contributed by atoms with van der Waals surface area (Å²) >= 11 is 1.38. The molecule has 1 aliphatic rings. The lowest BCUT2D eigenvalue weighted by Crippen LogP contribution is -2.19. The van der Waals surface area contributed by atoms with E-state index >= 15 is 0 Å². The topological polar surface area (TPSA) is 74.3 Å². The number of carbonyl (C=O) groups excluding carboxylic acids is 2. The second-order valence-corrected chi connectivity index (χ2v) is 13.2. The van der Waals surface area contributed by atoms with Gasteiger partial charge in [-0.1, -0.05) is 138 Å². The third-order valence-corrected chi connectivity index (χ3v) is 9.64. The minimum absolute atomic E-state index is 0.107. The smallest absolute Gasteiger partial charge is 0.337 e. The maximum Gasteiger partial charge on any atom is 0.337 e. The second-order valence-electron chi connectivity index (χ2n) is 12.1. The van der Waals surface area contributed by atoms with Gasteiger partial charge in [0.25, 0.3) is 0 Å². The number of nitrogens with zero attached hydrogens (tertiary/aromatic N) is 3. The number of unbranched alkanes of at least 4 members (excludes halogenated alkanes) is 8. The Kier molecular flexibility index (Phi) is 14.6. The maximum atomic E-state index is 14.2. The van der Waals surface area contributed by atoms with Crippen LogP contribution in [0, 0.1) is 12.5 Å². The van der Waals surface area contributed by atoms with Crippen LogP contribution in [0.25, 0.3) is 4.85 Å². The minimum Gasteiger partial charge on any atom is -0.464 e. The van der Waals surface area contributed by atoms with Crippen LogP contribution >= 0.6 is 11.8 Å². The quantitative estimate of drug-likeness (QED) is 0.0688. The Hall–Kier alpha value is -3.83. The van der Waals surface area contributed by atoms with Gasteiger partial charge < -0.3 is 9.47 Å². The lowest BCUT2D eigenvalue weighted by Gasteiger charge is -2.18. The van der Waals surface area contributed by atoms with Crippen LogP contribution in [-0.2, 0) is 14.3 Å². The first-order valence-corrected chi connectivity index (χ1v) is 18.2. The van der Waals surface area contributed by atoms with E-state index in [1.54, 1.807) is 11.5 Å². The molecule has 0 saturated carbocycles.